The predicted molar refractivity (Wildman–Crippen MR) is 90.2 cm³/mol. The normalized spacial score (nSPS) is 10.2. The van der Waals surface area contributed by atoms with E-state index in [0.717, 1.165) is 21.6 Å². The Morgan fingerprint density at radius 3 is 2.32 bits per heavy atom. The molecule has 0 heterocycles. The number of hydrogen-bond donors (Lipinski definition) is 0. The molecule has 0 N–H and O–H groups in total. The first-order valence-corrected chi connectivity index (χ1v) is 7.87. The average Bonchev–Trinajstić information content (AvgIpc) is 2.46. The number of benzene rings is 2. The van der Waals surface area contributed by atoms with Crippen LogP contribution in [0.3, 0.4) is 0 Å². The Bertz CT molecular complexity index is 540. The Hall–Kier alpha value is -1.03. The summed E-state index contributed by atoms with van der Waals surface area (Å²) in [5, 5.41) is 0.735. The lowest BCUT2D eigenvalue weighted by Crippen LogP contribution is -2.26. The Morgan fingerprint density at radius 2 is 1.74 bits per heavy atom. The Labute approximate surface area is 128 Å². The Kier molecular flexibility index (Phi) is 5.25. The lowest BCUT2D eigenvalue weighted by atomic mass is 10.2. The minimum Gasteiger partial charge on any atom is -0.323 e. The Balaban J connectivity index is 2.26. The van der Waals surface area contributed by atoms with Crippen LogP contribution in [0.25, 0.3) is 0 Å². The van der Waals surface area contributed by atoms with Crippen molar-refractivity contribution < 1.29 is 0 Å². The summed E-state index contributed by atoms with van der Waals surface area (Å²) in [5.41, 5.74) is 2.29. The van der Waals surface area contributed by atoms with Gasteiger partial charge in [0.25, 0.3) is 0 Å². The van der Waals surface area contributed by atoms with Gasteiger partial charge in [-0.25, -0.2) is 0 Å². The molecule has 0 radical (unpaired) electrons. The molecule has 0 aliphatic rings. The summed E-state index contributed by atoms with van der Waals surface area (Å²) in [7, 11) is 0. The number of rotatable bonds is 3. The van der Waals surface area contributed by atoms with E-state index in [9.17, 15) is 0 Å². The van der Waals surface area contributed by atoms with E-state index in [1.54, 1.807) is 11.8 Å². The van der Waals surface area contributed by atoms with Gasteiger partial charge in [-0.1, -0.05) is 54.2 Å². The second-order valence-corrected chi connectivity index (χ2v) is 5.89. The van der Waals surface area contributed by atoms with E-state index in [1.807, 2.05) is 48.7 Å². The molecule has 0 aromatic heterocycles. The maximum atomic E-state index is 5.93. The maximum Gasteiger partial charge on any atom is 0.140 e. The van der Waals surface area contributed by atoms with Crippen LogP contribution in [-0.4, -0.2) is 10.6 Å². The van der Waals surface area contributed by atoms with Gasteiger partial charge in [-0.3, -0.25) is 0 Å². The molecule has 0 spiro atoms. The van der Waals surface area contributed by atoms with Crippen molar-refractivity contribution in [3.8, 4) is 0 Å². The van der Waals surface area contributed by atoms with Gasteiger partial charge in [0.05, 0.1) is 0 Å². The van der Waals surface area contributed by atoms with E-state index in [1.165, 1.54) is 5.56 Å². The SMILES string of the molecule is CSC(=S)N(Cc1ccccc1)c1ccc(Cl)cc1. The van der Waals surface area contributed by atoms with Crippen LogP contribution < -0.4 is 4.90 Å². The molecule has 0 fully saturated rings. The van der Waals surface area contributed by atoms with E-state index in [4.69, 9.17) is 23.8 Å². The van der Waals surface area contributed by atoms with Crippen molar-refractivity contribution in [2.45, 2.75) is 6.54 Å². The molecule has 0 aliphatic heterocycles. The molecule has 0 bridgehead atoms. The minimum absolute atomic E-state index is 0.735. The maximum absolute atomic E-state index is 5.93. The number of nitrogens with zero attached hydrogens (tertiary/aromatic N) is 1. The summed E-state index contributed by atoms with van der Waals surface area (Å²) in [6.07, 6.45) is 2.00. The van der Waals surface area contributed by atoms with Crippen LogP contribution in [0.4, 0.5) is 5.69 Å². The van der Waals surface area contributed by atoms with Crippen molar-refractivity contribution in [3.63, 3.8) is 0 Å². The molecule has 4 heteroatoms. The molecule has 2 aromatic rings. The first-order valence-electron chi connectivity index (χ1n) is 5.85. The van der Waals surface area contributed by atoms with Gasteiger partial charge in [0.15, 0.2) is 0 Å². The summed E-state index contributed by atoms with van der Waals surface area (Å²) >= 11 is 13.0. The largest absolute Gasteiger partial charge is 0.323 e. The molecule has 2 aromatic carbocycles. The number of halogens is 1. The highest BCUT2D eigenvalue weighted by molar-refractivity contribution is 8.22. The molecule has 0 saturated heterocycles. The highest BCUT2D eigenvalue weighted by Crippen LogP contribution is 2.23. The second-order valence-electron chi connectivity index (χ2n) is 4.02. The first-order chi connectivity index (χ1) is 9.20. The average molecular weight is 308 g/mol. The van der Waals surface area contributed by atoms with Crippen molar-refractivity contribution in [1.82, 2.24) is 0 Å². The first kappa shape index (κ1) is 14.4. The third-order valence-corrected chi connectivity index (χ3v) is 4.26. The number of thiocarbonyl (C=S) groups is 1. The summed E-state index contributed by atoms with van der Waals surface area (Å²) in [6, 6.07) is 18.1. The van der Waals surface area contributed by atoms with Crippen LogP contribution >= 0.6 is 35.6 Å². The standard InChI is InChI=1S/C15H14ClNS2/c1-19-15(18)17(11-12-5-3-2-4-6-12)14-9-7-13(16)8-10-14/h2-10H,11H2,1H3. The van der Waals surface area contributed by atoms with E-state index >= 15 is 0 Å². The zero-order valence-electron chi connectivity index (χ0n) is 10.5. The van der Waals surface area contributed by atoms with Gasteiger partial charge in [-0.05, 0) is 36.1 Å². The summed E-state index contributed by atoms with van der Waals surface area (Å²) in [5.74, 6) is 0. The van der Waals surface area contributed by atoms with E-state index < -0.39 is 0 Å². The van der Waals surface area contributed by atoms with E-state index in [2.05, 4.69) is 17.0 Å². The van der Waals surface area contributed by atoms with Gasteiger partial charge < -0.3 is 4.90 Å². The van der Waals surface area contributed by atoms with E-state index in [0.29, 0.717) is 0 Å². The highest BCUT2D eigenvalue weighted by atomic mass is 35.5. The van der Waals surface area contributed by atoms with Gasteiger partial charge >= 0.3 is 0 Å². The van der Waals surface area contributed by atoms with Crippen LogP contribution in [-0.2, 0) is 6.54 Å². The zero-order chi connectivity index (χ0) is 13.7. The van der Waals surface area contributed by atoms with Crippen LogP contribution in [0.5, 0.6) is 0 Å². The molecule has 0 amide bonds. The highest BCUT2D eigenvalue weighted by Gasteiger charge is 2.11. The van der Waals surface area contributed by atoms with Crippen LogP contribution in [0.1, 0.15) is 5.56 Å². The third kappa shape index (κ3) is 3.96. The summed E-state index contributed by atoms with van der Waals surface area (Å²) in [6.45, 7) is 0.766. The lowest BCUT2D eigenvalue weighted by molar-refractivity contribution is 1.03. The summed E-state index contributed by atoms with van der Waals surface area (Å²) in [4.78, 5) is 2.12. The topological polar surface area (TPSA) is 3.24 Å². The number of thioether (sulfide) groups is 1. The molecule has 1 nitrogen and oxygen atoms in total. The van der Waals surface area contributed by atoms with Crippen LogP contribution in [0, 0.1) is 0 Å². The molecular formula is C15H14ClNS2. The fraction of sp³-hybridized carbons (Fsp3) is 0.133. The van der Waals surface area contributed by atoms with Crippen molar-refractivity contribution in [3.05, 3.63) is 65.2 Å². The van der Waals surface area contributed by atoms with Gasteiger partial charge in [0.1, 0.15) is 4.32 Å². The molecule has 0 saturated carbocycles. The van der Waals surface area contributed by atoms with Crippen molar-refractivity contribution in [2.75, 3.05) is 11.2 Å². The fourth-order valence-electron chi connectivity index (χ4n) is 1.76. The Morgan fingerprint density at radius 1 is 1.11 bits per heavy atom. The van der Waals surface area contributed by atoms with Gasteiger partial charge in [-0.2, -0.15) is 0 Å². The van der Waals surface area contributed by atoms with Crippen molar-refractivity contribution in [2.24, 2.45) is 0 Å². The number of anilines is 1. The van der Waals surface area contributed by atoms with Crippen molar-refractivity contribution >= 4 is 45.6 Å². The quantitative estimate of drug-likeness (QED) is 0.735. The van der Waals surface area contributed by atoms with Gasteiger partial charge in [0.2, 0.25) is 0 Å². The predicted octanol–water partition coefficient (Wildman–Crippen LogP) is 4.99. The van der Waals surface area contributed by atoms with E-state index in [-0.39, 0.29) is 0 Å². The molecule has 2 rings (SSSR count). The lowest BCUT2D eigenvalue weighted by Gasteiger charge is -2.24. The fourth-order valence-corrected chi connectivity index (χ4v) is 2.44. The van der Waals surface area contributed by atoms with Crippen LogP contribution in [0.15, 0.2) is 54.6 Å². The minimum atomic E-state index is 0.735. The molecule has 0 aliphatic carbocycles. The zero-order valence-corrected chi connectivity index (χ0v) is 12.9. The van der Waals surface area contributed by atoms with Gasteiger partial charge in [-0.15, -0.1) is 11.8 Å². The molecule has 0 unspecified atom stereocenters. The molecule has 0 atom stereocenters. The van der Waals surface area contributed by atoms with Gasteiger partial charge in [0, 0.05) is 17.3 Å². The number of hydrogen-bond acceptors (Lipinski definition) is 2. The molecule has 19 heavy (non-hydrogen) atoms. The van der Waals surface area contributed by atoms with Crippen LogP contribution in [0.2, 0.25) is 5.02 Å². The monoisotopic (exact) mass is 307 g/mol. The third-order valence-electron chi connectivity index (χ3n) is 2.72. The smallest absolute Gasteiger partial charge is 0.140 e. The molecular weight excluding hydrogens is 294 g/mol. The van der Waals surface area contributed by atoms with Crippen molar-refractivity contribution in [1.29, 1.82) is 0 Å². The summed E-state index contributed by atoms with van der Waals surface area (Å²) < 4.78 is 0.853. The second kappa shape index (κ2) is 6.94. The molecule has 98 valence electrons.